The molecule has 0 aliphatic carbocycles. The van der Waals surface area contributed by atoms with Crippen LogP contribution in [0.15, 0.2) is 18.2 Å². The van der Waals surface area contributed by atoms with E-state index in [1.54, 1.807) is 21.3 Å². The molecule has 9 nitrogen and oxygen atoms in total. The molecule has 9 heteroatoms. The Morgan fingerprint density at radius 1 is 1.07 bits per heavy atom. The minimum Gasteiger partial charge on any atom is -0.493 e. The largest absolute Gasteiger partial charge is 0.493 e. The molecule has 236 valence electrons. The summed E-state index contributed by atoms with van der Waals surface area (Å²) in [6, 6.07) is 5.60. The number of amides is 1. The number of carbonyl (C=O) groups is 1. The number of hydrogen-bond acceptors (Lipinski definition) is 8. The molecule has 1 aromatic carbocycles. The van der Waals surface area contributed by atoms with Crippen molar-refractivity contribution in [3.63, 3.8) is 0 Å². The van der Waals surface area contributed by atoms with Crippen molar-refractivity contribution in [1.29, 1.82) is 0 Å². The first-order valence-electron chi connectivity index (χ1n) is 15.2. The van der Waals surface area contributed by atoms with E-state index in [1.165, 1.54) is 0 Å². The lowest BCUT2D eigenvalue weighted by Crippen LogP contribution is -2.44. The molecule has 1 aliphatic rings. The molecule has 0 saturated carbocycles. The van der Waals surface area contributed by atoms with Crippen molar-refractivity contribution in [2.45, 2.75) is 78.0 Å². The Balaban J connectivity index is 1.97. The number of nitrogens with two attached hydrogens (primary N) is 1. The average Bonchev–Trinajstić information content (AvgIpc) is 2.96. The summed E-state index contributed by atoms with van der Waals surface area (Å²) in [7, 11) is 5.00. The third-order valence-electron chi connectivity index (χ3n) is 8.28. The van der Waals surface area contributed by atoms with Crippen molar-refractivity contribution in [2.75, 3.05) is 54.3 Å². The van der Waals surface area contributed by atoms with Gasteiger partial charge in [-0.15, -0.1) is 0 Å². The summed E-state index contributed by atoms with van der Waals surface area (Å²) in [5, 5.41) is 14.2. The lowest BCUT2D eigenvalue weighted by atomic mass is 9.80. The Kier molecular flexibility index (Phi) is 16.0. The second-order valence-electron chi connectivity index (χ2n) is 12.2. The quantitative estimate of drug-likeness (QED) is 0.211. The number of ether oxygens (including phenoxy) is 5. The summed E-state index contributed by atoms with van der Waals surface area (Å²) in [6.45, 7) is 11.3. The lowest BCUT2D eigenvalue weighted by molar-refractivity contribution is -0.128. The molecule has 0 radical (unpaired) electrons. The van der Waals surface area contributed by atoms with Gasteiger partial charge in [-0.25, -0.2) is 0 Å². The molecule has 0 aromatic heterocycles. The van der Waals surface area contributed by atoms with Crippen LogP contribution < -0.4 is 20.5 Å². The molecule has 1 aromatic rings. The first-order chi connectivity index (χ1) is 19.6. The number of aliphatic hydroxyl groups excluding tert-OH is 1. The van der Waals surface area contributed by atoms with E-state index in [-0.39, 0.29) is 35.7 Å². The van der Waals surface area contributed by atoms with E-state index in [2.05, 4.69) is 25.2 Å². The summed E-state index contributed by atoms with van der Waals surface area (Å²) in [5.41, 5.74) is 7.71. The zero-order valence-corrected chi connectivity index (χ0v) is 26.4. The predicted octanol–water partition coefficient (Wildman–Crippen LogP) is 3.83. The highest BCUT2D eigenvalue weighted by molar-refractivity contribution is 5.78. The van der Waals surface area contributed by atoms with Crippen LogP contribution in [-0.4, -0.2) is 83.6 Å². The van der Waals surface area contributed by atoms with Crippen LogP contribution >= 0.6 is 0 Å². The summed E-state index contributed by atoms with van der Waals surface area (Å²) < 4.78 is 27.6. The molecule has 1 fully saturated rings. The molecule has 1 amide bonds. The van der Waals surface area contributed by atoms with Gasteiger partial charge in [0.2, 0.25) is 5.91 Å². The number of carbonyl (C=O) groups excluding carboxylic acids is 1. The van der Waals surface area contributed by atoms with Gasteiger partial charge in [0.15, 0.2) is 11.5 Å². The fourth-order valence-corrected chi connectivity index (χ4v) is 5.42. The van der Waals surface area contributed by atoms with Gasteiger partial charge in [-0.2, -0.15) is 0 Å². The zero-order chi connectivity index (χ0) is 30.4. The highest BCUT2D eigenvalue weighted by Crippen LogP contribution is 2.32. The van der Waals surface area contributed by atoms with Gasteiger partial charge in [-0.1, -0.05) is 33.8 Å². The van der Waals surface area contributed by atoms with E-state index in [4.69, 9.17) is 29.4 Å². The minimum absolute atomic E-state index is 0.0394. The highest BCUT2D eigenvalue weighted by Gasteiger charge is 2.31. The molecule has 4 N–H and O–H groups in total. The van der Waals surface area contributed by atoms with Crippen LogP contribution in [0.2, 0.25) is 0 Å². The third kappa shape index (κ3) is 12.1. The molecule has 0 bridgehead atoms. The van der Waals surface area contributed by atoms with Crippen molar-refractivity contribution in [3.05, 3.63) is 23.8 Å². The normalized spacial score (nSPS) is 20.5. The van der Waals surface area contributed by atoms with E-state index in [0.717, 1.165) is 30.6 Å². The van der Waals surface area contributed by atoms with Crippen molar-refractivity contribution in [2.24, 2.45) is 35.3 Å². The molecule has 6 atom stereocenters. The SMILES string of the molecule is COCCCOc1cc(C[C@@H](C[C@H](N)[C@@H](O)C[C@H](C(=O)NC[C@H]2COC[C@@H](OC)C2)C(C)C)C(C)C)ccc1OC. The van der Waals surface area contributed by atoms with Gasteiger partial charge in [-0.3, -0.25) is 4.79 Å². The topological polar surface area (TPSA) is 122 Å². The van der Waals surface area contributed by atoms with E-state index in [9.17, 15) is 9.90 Å². The summed E-state index contributed by atoms with van der Waals surface area (Å²) >= 11 is 0. The van der Waals surface area contributed by atoms with Crippen molar-refractivity contribution in [3.8, 4) is 11.5 Å². The molecular formula is C32H56N2O7. The maximum absolute atomic E-state index is 13.1. The Bertz CT molecular complexity index is 882. The predicted molar refractivity (Wildman–Crippen MR) is 161 cm³/mol. The van der Waals surface area contributed by atoms with E-state index in [1.807, 2.05) is 26.0 Å². The molecule has 1 saturated heterocycles. The Morgan fingerprint density at radius 2 is 1.83 bits per heavy atom. The van der Waals surface area contributed by atoms with Crippen LogP contribution in [0.5, 0.6) is 11.5 Å². The molecule has 2 rings (SSSR count). The van der Waals surface area contributed by atoms with Crippen molar-refractivity contribution < 1.29 is 33.6 Å². The van der Waals surface area contributed by atoms with E-state index < -0.39 is 12.1 Å². The summed E-state index contributed by atoms with van der Waals surface area (Å²) in [4.78, 5) is 13.1. The first-order valence-corrected chi connectivity index (χ1v) is 15.2. The minimum atomic E-state index is -0.777. The Morgan fingerprint density at radius 3 is 2.46 bits per heavy atom. The van der Waals surface area contributed by atoms with Crippen LogP contribution in [0, 0.1) is 29.6 Å². The Hall–Kier alpha value is -1.91. The van der Waals surface area contributed by atoms with Crippen LogP contribution in [0.3, 0.4) is 0 Å². The van der Waals surface area contributed by atoms with Crippen molar-refractivity contribution >= 4 is 5.91 Å². The fraction of sp³-hybridized carbons (Fsp3) is 0.781. The van der Waals surface area contributed by atoms with Gasteiger partial charge in [0, 0.05) is 51.7 Å². The number of methoxy groups -OCH3 is 3. The molecule has 0 unspecified atom stereocenters. The van der Waals surface area contributed by atoms with Crippen LogP contribution in [-0.2, 0) is 25.4 Å². The smallest absolute Gasteiger partial charge is 0.223 e. The van der Waals surface area contributed by atoms with Gasteiger partial charge < -0.3 is 39.8 Å². The zero-order valence-electron chi connectivity index (χ0n) is 26.4. The standard InChI is InChI=1S/C32H56N2O7/c1-21(2)25(13-23-9-10-30(39-7)31(15-23)41-12-8-11-37-5)16-28(33)29(35)17-27(22(3)4)32(36)34-18-24-14-26(38-6)20-40-19-24/h9-10,15,21-22,24-29,35H,8,11-14,16-20,33H2,1-7H3,(H,34,36)/t24-,25-,26-,27-,28-,29-/m0/s1. The fourth-order valence-electron chi connectivity index (χ4n) is 5.42. The van der Waals surface area contributed by atoms with Gasteiger partial charge in [0.25, 0.3) is 0 Å². The monoisotopic (exact) mass is 580 g/mol. The van der Waals surface area contributed by atoms with Crippen LogP contribution in [0.25, 0.3) is 0 Å². The highest BCUT2D eigenvalue weighted by atomic mass is 16.5. The summed E-state index contributed by atoms with van der Waals surface area (Å²) in [5.74, 6) is 1.97. The number of nitrogens with one attached hydrogen (secondary N) is 1. The maximum Gasteiger partial charge on any atom is 0.223 e. The number of benzene rings is 1. The number of aliphatic hydroxyl groups is 1. The van der Waals surface area contributed by atoms with E-state index in [0.29, 0.717) is 57.5 Å². The van der Waals surface area contributed by atoms with Gasteiger partial charge in [-0.05, 0) is 61.1 Å². The summed E-state index contributed by atoms with van der Waals surface area (Å²) in [6.07, 6.45) is 2.74. The second-order valence-corrected chi connectivity index (χ2v) is 12.2. The van der Waals surface area contributed by atoms with Crippen LogP contribution in [0.4, 0.5) is 0 Å². The van der Waals surface area contributed by atoms with Gasteiger partial charge >= 0.3 is 0 Å². The molecular weight excluding hydrogens is 524 g/mol. The number of hydrogen-bond donors (Lipinski definition) is 3. The Labute approximate surface area is 247 Å². The second kappa shape index (κ2) is 18.6. The third-order valence-corrected chi connectivity index (χ3v) is 8.28. The average molecular weight is 581 g/mol. The first kappa shape index (κ1) is 35.3. The molecule has 1 heterocycles. The van der Waals surface area contributed by atoms with E-state index >= 15 is 0 Å². The maximum atomic E-state index is 13.1. The molecule has 0 spiro atoms. The molecule has 1 aliphatic heterocycles. The lowest BCUT2D eigenvalue weighted by Gasteiger charge is -2.31. The number of rotatable bonds is 19. The van der Waals surface area contributed by atoms with Crippen LogP contribution in [0.1, 0.15) is 58.9 Å². The van der Waals surface area contributed by atoms with Crippen molar-refractivity contribution in [1.82, 2.24) is 5.32 Å². The molecule has 41 heavy (non-hydrogen) atoms. The van der Waals surface area contributed by atoms with Gasteiger partial charge in [0.05, 0.1) is 39.1 Å². The van der Waals surface area contributed by atoms with Gasteiger partial charge in [0.1, 0.15) is 0 Å².